The molecule has 2 rings (SSSR count). The van der Waals surface area contributed by atoms with Crippen LogP contribution in [-0.4, -0.2) is 18.1 Å². The summed E-state index contributed by atoms with van der Waals surface area (Å²) in [5.74, 6) is 3.31. The summed E-state index contributed by atoms with van der Waals surface area (Å²) in [5.41, 5.74) is 1.15. The Morgan fingerprint density at radius 1 is 1.47 bits per heavy atom. The molecule has 1 aliphatic rings. The minimum atomic E-state index is 0.645. The number of hydrogen-bond donors (Lipinski definition) is 1. The number of hydrogen-bond acceptors (Lipinski definition) is 3. The van der Waals surface area contributed by atoms with E-state index in [1.807, 2.05) is 6.92 Å². The van der Waals surface area contributed by atoms with Crippen molar-refractivity contribution < 1.29 is 4.42 Å². The predicted molar refractivity (Wildman–Crippen MR) is 59.8 cm³/mol. The van der Waals surface area contributed by atoms with E-state index in [0.717, 1.165) is 49.2 Å². The molecule has 1 saturated heterocycles. The highest BCUT2D eigenvalue weighted by molar-refractivity contribution is 5.09. The van der Waals surface area contributed by atoms with Crippen molar-refractivity contribution in [3.05, 3.63) is 17.3 Å². The second-order valence-corrected chi connectivity index (χ2v) is 4.94. The largest absolute Gasteiger partial charge is 0.446 e. The summed E-state index contributed by atoms with van der Waals surface area (Å²) in [6.45, 7) is 8.67. The molecule has 2 heterocycles. The van der Waals surface area contributed by atoms with E-state index in [4.69, 9.17) is 4.42 Å². The van der Waals surface area contributed by atoms with Crippen LogP contribution in [0, 0.1) is 18.8 Å². The minimum Gasteiger partial charge on any atom is -0.446 e. The molecule has 1 aliphatic heterocycles. The van der Waals surface area contributed by atoms with Crippen LogP contribution in [-0.2, 0) is 12.8 Å². The number of oxazole rings is 1. The van der Waals surface area contributed by atoms with Crippen molar-refractivity contribution >= 4 is 0 Å². The fourth-order valence-electron chi connectivity index (χ4n) is 1.89. The van der Waals surface area contributed by atoms with Gasteiger partial charge in [-0.15, -0.1) is 0 Å². The molecule has 0 unspecified atom stereocenters. The number of aryl methyl sites for hydroxylation is 1. The first-order valence-corrected chi connectivity index (χ1v) is 5.81. The second kappa shape index (κ2) is 4.35. The van der Waals surface area contributed by atoms with Gasteiger partial charge in [0.25, 0.3) is 0 Å². The standard InChI is InChI=1S/C12H20N2O/c1-8(2)4-11-9(3)15-12(14-11)5-10-6-13-7-10/h8,10,13H,4-7H2,1-3H3. The Balaban J connectivity index is 1.99. The van der Waals surface area contributed by atoms with Crippen LogP contribution in [0.15, 0.2) is 4.42 Å². The molecule has 15 heavy (non-hydrogen) atoms. The van der Waals surface area contributed by atoms with Crippen LogP contribution in [0.4, 0.5) is 0 Å². The second-order valence-electron chi connectivity index (χ2n) is 4.94. The third kappa shape index (κ3) is 2.59. The van der Waals surface area contributed by atoms with Gasteiger partial charge >= 0.3 is 0 Å². The van der Waals surface area contributed by atoms with E-state index in [1.165, 1.54) is 0 Å². The number of aromatic nitrogens is 1. The average Bonchev–Trinajstić information content (AvgIpc) is 2.39. The fourth-order valence-corrected chi connectivity index (χ4v) is 1.89. The topological polar surface area (TPSA) is 38.1 Å². The predicted octanol–water partition coefficient (Wildman–Crippen LogP) is 1.94. The lowest BCUT2D eigenvalue weighted by atomic mass is 10.00. The summed E-state index contributed by atoms with van der Waals surface area (Å²) < 4.78 is 5.68. The highest BCUT2D eigenvalue weighted by Crippen LogP contribution is 2.18. The lowest BCUT2D eigenvalue weighted by molar-refractivity contribution is 0.315. The van der Waals surface area contributed by atoms with Gasteiger partial charge in [-0.25, -0.2) is 4.98 Å². The van der Waals surface area contributed by atoms with Gasteiger partial charge in [-0.3, -0.25) is 0 Å². The first-order chi connectivity index (χ1) is 7.15. The summed E-state index contributed by atoms with van der Waals surface area (Å²) in [6, 6.07) is 0. The lowest BCUT2D eigenvalue weighted by Crippen LogP contribution is -2.43. The van der Waals surface area contributed by atoms with Gasteiger partial charge in [-0.2, -0.15) is 0 Å². The van der Waals surface area contributed by atoms with Crippen molar-refractivity contribution in [3.63, 3.8) is 0 Å². The SMILES string of the molecule is Cc1oc(CC2CNC2)nc1CC(C)C. The molecule has 0 atom stereocenters. The molecule has 0 saturated carbocycles. The molecule has 1 fully saturated rings. The summed E-state index contributed by atoms with van der Waals surface area (Å²) in [4.78, 5) is 4.58. The lowest BCUT2D eigenvalue weighted by Gasteiger charge is -2.25. The Bertz CT molecular complexity index is 326. The molecule has 0 spiro atoms. The number of rotatable bonds is 4. The molecule has 3 heteroatoms. The van der Waals surface area contributed by atoms with Crippen LogP contribution >= 0.6 is 0 Å². The molecule has 0 radical (unpaired) electrons. The minimum absolute atomic E-state index is 0.645. The summed E-state index contributed by atoms with van der Waals surface area (Å²) >= 11 is 0. The van der Waals surface area contributed by atoms with E-state index in [2.05, 4.69) is 24.1 Å². The van der Waals surface area contributed by atoms with E-state index < -0.39 is 0 Å². The molecular weight excluding hydrogens is 188 g/mol. The van der Waals surface area contributed by atoms with Crippen molar-refractivity contribution in [2.75, 3.05) is 13.1 Å². The van der Waals surface area contributed by atoms with Gasteiger partial charge in [0.05, 0.1) is 5.69 Å². The number of nitrogens with zero attached hydrogens (tertiary/aromatic N) is 1. The molecule has 1 N–H and O–H groups in total. The Hall–Kier alpha value is -0.830. The van der Waals surface area contributed by atoms with Gasteiger partial charge < -0.3 is 9.73 Å². The average molecular weight is 208 g/mol. The first kappa shape index (κ1) is 10.7. The van der Waals surface area contributed by atoms with Crippen LogP contribution in [0.2, 0.25) is 0 Å². The van der Waals surface area contributed by atoms with Gasteiger partial charge in [-0.05, 0) is 38.3 Å². The van der Waals surface area contributed by atoms with Crippen molar-refractivity contribution in [1.29, 1.82) is 0 Å². The molecule has 0 amide bonds. The molecule has 84 valence electrons. The van der Waals surface area contributed by atoms with Crippen molar-refractivity contribution in [3.8, 4) is 0 Å². The quantitative estimate of drug-likeness (QED) is 0.821. The van der Waals surface area contributed by atoms with E-state index in [-0.39, 0.29) is 0 Å². The van der Waals surface area contributed by atoms with Gasteiger partial charge in [0.1, 0.15) is 5.76 Å². The molecule has 0 aromatic carbocycles. The van der Waals surface area contributed by atoms with Crippen molar-refractivity contribution in [1.82, 2.24) is 10.3 Å². The highest BCUT2D eigenvalue weighted by Gasteiger charge is 2.20. The van der Waals surface area contributed by atoms with Crippen molar-refractivity contribution in [2.24, 2.45) is 11.8 Å². The van der Waals surface area contributed by atoms with Gasteiger partial charge in [0.15, 0.2) is 5.89 Å². The van der Waals surface area contributed by atoms with Gasteiger partial charge in [0.2, 0.25) is 0 Å². The molecule has 1 aromatic heterocycles. The third-order valence-corrected chi connectivity index (χ3v) is 2.87. The zero-order valence-electron chi connectivity index (χ0n) is 9.84. The van der Waals surface area contributed by atoms with E-state index >= 15 is 0 Å². The Kier molecular flexibility index (Phi) is 3.10. The van der Waals surface area contributed by atoms with Crippen molar-refractivity contribution in [2.45, 2.75) is 33.6 Å². The molecule has 0 aliphatic carbocycles. The number of nitrogens with one attached hydrogen (secondary N) is 1. The molecule has 1 aromatic rings. The fraction of sp³-hybridized carbons (Fsp3) is 0.750. The maximum absolute atomic E-state index is 5.68. The zero-order chi connectivity index (χ0) is 10.8. The Morgan fingerprint density at radius 3 is 2.73 bits per heavy atom. The van der Waals surface area contributed by atoms with Crippen LogP contribution in [0.1, 0.15) is 31.2 Å². The van der Waals surface area contributed by atoms with E-state index in [1.54, 1.807) is 0 Å². The zero-order valence-corrected chi connectivity index (χ0v) is 9.84. The summed E-state index contributed by atoms with van der Waals surface area (Å²) in [7, 11) is 0. The first-order valence-electron chi connectivity index (χ1n) is 5.81. The summed E-state index contributed by atoms with van der Waals surface area (Å²) in [6.07, 6.45) is 2.02. The molecule has 0 bridgehead atoms. The van der Waals surface area contributed by atoms with Crippen LogP contribution in [0.25, 0.3) is 0 Å². The third-order valence-electron chi connectivity index (χ3n) is 2.87. The maximum atomic E-state index is 5.68. The maximum Gasteiger partial charge on any atom is 0.194 e. The Labute approximate surface area is 91.3 Å². The van der Waals surface area contributed by atoms with Crippen LogP contribution in [0.5, 0.6) is 0 Å². The summed E-state index contributed by atoms with van der Waals surface area (Å²) in [5, 5.41) is 3.27. The highest BCUT2D eigenvalue weighted by atomic mass is 16.4. The Morgan fingerprint density at radius 2 is 2.20 bits per heavy atom. The van der Waals surface area contributed by atoms with E-state index in [0.29, 0.717) is 5.92 Å². The van der Waals surface area contributed by atoms with E-state index in [9.17, 15) is 0 Å². The molecular formula is C12H20N2O. The molecule has 3 nitrogen and oxygen atoms in total. The van der Waals surface area contributed by atoms with Crippen LogP contribution in [0.3, 0.4) is 0 Å². The monoisotopic (exact) mass is 208 g/mol. The normalized spacial score (nSPS) is 17.1. The van der Waals surface area contributed by atoms with Gasteiger partial charge in [-0.1, -0.05) is 13.8 Å². The smallest absolute Gasteiger partial charge is 0.194 e. The van der Waals surface area contributed by atoms with Gasteiger partial charge in [0, 0.05) is 6.42 Å². The van der Waals surface area contributed by atoms with Crippen LogP contribution < -0.4 is 5.32 Å².